The molecule has 8 nitrogen and oxygen atoms in total. The smallest absolute Gasteiger partial charge is 0.319 e. The summed E-state index contributed by atoms with van der Waals surface area (Å²) in [5.74, 6) is -0.0704. The number of hydrogen-bond acceptors (Lipinski definition) is 5. The lowest BCUT2D eigenvalue weighted by Gasteiger charge is -2.32. The van der Waals surface area contributed by atoms with Gasteiger partial charge >= 0.3 is 6.03 Å². The standard InChI is InChI=1S/C20H26N4O4/c1-14-12-16(5-6-17(14)23-19(25)18-4-3-9-28-18)22-20(26)21-13-15(2)24-7-10-27-11-8-24/h3-6,9,12,15H,7-8,10-11,13H2,1-2H3,(H,23,25)(H2,21,22,26). The summed E-state index contributed by atoms with van der Waals surface area (Å²) in [4.78, 5) is 26.6. The molecule has 28 heavy (non-hydrogen) atoms. The van der Waals surface area contributed by atoms with Crippen LogP contribution in [0.3, 0.4) is 0 Å². The van der Waals surface area contributed by atoms with Gasteiger partial charge in [0.05, 0.1) is 19.5 Å². The van der Waals surface area contributed by atoms with Gasteiger partial charge in [0.1, 0.15) is 0 Å². The first-order valence-electron chi connectivity index (χ1n) is 9.35. The predicted molar refractivity (Wildman–Crippen MR) is 107 cm³/mol. The number of benzene rings is 1. The lowest BCUT2D eigenvalue weighted by Crippen LogP contribution is -2.47. The van der Waals surface area contributed by atoms with E-state index in [0.717, 1.165) is 31.9 Å². The van der Waals surface area contributed by atoms with Gasteiger partial charge in [-0.1, -0.05) is 0 Å². The summed E-state index contributed by atoms with van der Waals surface area (Å²) in [6.45, 7) is 7.75. The molecule has 0 bridgehead atoms. The molecule has 3 amide bonds. The maximum Gasteiger partial charge on any atom is 0.319 e. The summed E-state index contributed by atoms with van der Waals surface area (Å²) >= 11 is 0. The Balaban J connectivity index is 1.49. The molecule has 2 aromatic rings. The summed E-state index contributed by atoms with van der Waals surface area (Å²) < 4.78 is 10.4. The first kappa shape index (κ1) is 19.9. The van der Waals surface area contributed by atoms with Gasteiger partial charge in [0, 0.05) is 37.1 Å². The topological polar surface area (TPSA) is 95.8 Å². The van der Waals surface area contributed by atoms with Crippen molar-refractivity contribution >= 4 is 23.3 Å². The SMILES string of the molecule is Cc1cc(NC(=O)NCC(C)N2CCOCC2)ccc1NC(=O)c1ccco1. The van der Waals surface area contributed by atoms with Crippen molar-refractivity contribution in [1.29, 1.82) is 0 Å². The maximum atomic E-state index is 12.2. The van der Waals surface area contributed by atoms with Gasteiger partial charge in [0.2, 0.25) is 0 Å². The Kier molecular flexibility index (Phi) is 6.67. The number of anilines is 2. The number of urea groups is 1. The zero-order chi connectivity index (χ0) is 19.9. The van der Waals surface area contributed by atoms with Crippen LogP contribution < -0.4 is 16.0 Å². The highest BCUT2D eigenvalue weighted by atomic mass is 16.5. The predicted octanol–water partition coefficient (Wildman–Crippen LogP) is 2.68. The van der Waals surface area contributed by atoms with Crippen LogP contribution in [0, 0.1) is 6.92 Å². The minimum atomic E-state index is -0.316. The molecule has 0 saturated carbocycles. The van der Waals surface area contributed by atoms with Gasteiger partial charge in [0.15, 0.2) is 5.76 Å². The Morgan fingerprint density at radius 2 is 1.96 bits per heavy atom. The van der Waals surface area contributed by atoms with E-state index in [4.69, 9.17) is 9.15 Å². The van der Waals surface area contributed by atoms with Gasteiger partial charge in [-0.3, -0.25) is 9.69 Å². The molecule has 1 atom stereocenters. The first-order valence-corrected chi connectivity index (χ1v) is 9.35. The van der Waals surface area contributed by atoms with E-state index in [9.17, 15) is 9.59 Å². The fourth-order valence-electron chi connectivity index (χ4n) is 3.04. The van der Waals surface area contributed by atoms with Crippen LogP contribution in [0.25, 0.3) is 0 Å². The highest BCUT2D eigenvalue weighted by Gasteiger charge is 2.17. The normalized spacial score (nSPS) is 15.6. The fourth-order valence-corrected chi connectivity index (χ4v) is 3.04. The number of amides is 3. The van der Waals surface area contributed by atoms with Crippen LogP contribution in [0.4, 0.5) is 16.2 Å². The molecule has 0 aliphatic carbocycles. The number of ether oxygens (including phenoxy) is 1. The number of nitrogens with one attached hydrogen (secondary N) is 3. The third-order valence-corrected chi connectivity index (χ3v) is 4.70. The van der Waals surface area contributed by atoms with E-state index in [1.54, 1.807) is 24.3 Å². The Bertz CT molecular complexity index is 801. The van der Waals surface area contributed by atoms with E-state index in [1.807, 2.05) is 13.0 Å². The zero-order valence-electron chi connectivity index (χ0n) is 16.2. The van der Waals surface area contributed by atoms with Crippen molar-refractivity contribution in [3.05, 3.63) is 47.9 Å². The Morgan fingerprint density at radius 3 is 2.64 bits per heavy atom. The van der Waals surface area contributed by atoms with Gasteiger partial charge in [-0.15, -0.1) is 0 Å². The average Bonchev–Trinajstić information content (AvgIpc) is 3.24. The van der Waals surface area contributed by atoms with E-state index in [1.165, 1.54) is 6.26 Å². The van der Waals surface area contributed by atoms with E-state index in [2.05, 4.69) is 27.8 Å². The Hall–Kier alpha value is -2.84. The lowest BCUT2D eigenvalue weighted by molar-refractivity contribution is 0.0209. The second-order valence-electron chi connectivity index (χ2n) is 6.79. The van der Waals surface area contributed by atoms with Crippen LogP contribution in [0.5, 0.6) is 0 Å². The van der Waals surface area contributed by atoms with Gasteiger partial charge in [-0.25, -0.2) is 4.79 Å². The molecule has 0 spiro atoms. The molecule has 3 rings (SSSR count). The van der Waals surface area contributed by atoms with Crippen molar-refractivity contribution in [2.24, 2.45) is 0 Å². The zero-order valence-corrected chi connectivity index (χ0v) is 16.2. The number of hydrogen-bond donors (Lipinski definition) is 3. The van der Waals surface area contributed by atoms with Gasteiger partial charge in [-0.05, 0) is 49.7 Å². The maximum absolute atomic E-state index is 12.2. The van der Waals surface area contributed by atoms with Gasteiger partial charge < -0.3 is 25.1 Å². The molecule has 1 aromatic carbocycles. The molecule has 8 heteroatoms. The number of nitrogens with zero attached hydrogens (tertiary/aromatic N) is 1. The number of carbonyl (C=O) groups excluding carboxylic acids is 2. The largest absolute Gasteiger partial charge is 0.459 e. The summed E-state index contributed by atoms with van der Waals surface area (Å²) in [6, 6.07) is 8.55. The molecule has 0 radical (unpaired) electrons. The number of furan rings is 1. The van der Waals surface area contributed by atoms with E-state index in [0.29, 0.717) is 17.9 Å². The van der Waals surface area contributed by atoms with E-state index >= 15 is 0 Å². The molecule has 1 saturated heterocycles. The number of aryl methyl sites for hydroxylation is 1. The summed E-state index contributed by atoms with van der Waals surface area (Å²) in [5, 5.41) is 8.52. The second-order valence-corrected chi connectivity index (χ2v) is 6.79. The van der Waals surface area contributed by atoms with E-state index in [-0.39, 0.29) is 23.7 Å². The second kappa shape index (κ2) is 9.38. The van der Waals surface area contributed by atoms with Crippen molar-refractivity contribution in [3.8, 4) is 0 Å². The molecule has 1 aromatic heterocycles. The van der Waals surface area contributed by atoms with Crippen LogP contribution in [-0.4, -0.2) is 55.7 Å². The molecular formula is C20H26N4O4. The molecule has 1 unspecified atom stereocenters. The third kappa shape index (κ3) is 5.34. The molecule has 1 aliphatic rings. The van der Waals surface area contributed by atoms with Crippen LogP contribution >= 0.6 is 0 Å². The molecule has 1 fully saturated rings. The first-order chi connectivity index (χ1) is 13.5. The average molecular weight is 386 g/mol. The lowest BCUT2D eigenvalue weighted by atomic mass is 10.1. The third-order valence-electron chi connectivity index (χ3n) is 4.70. The molecule has 2 heterocycles. The van der Waals surface area contributed by atoms with Crippen LogP contribution in [0.2, 0.25) is 0 Å². The summed E-state index contributed by atoms with van der Waals surface area (Å²) in [6.07, 6.45) is 1.45. The van der Waals surface area contributed by atoms with Crippen LogP contribution in [-0.2, 0) is 4.74 Å². The molecule has 150 valence electrons. The minimum Gasteiger partial charge on any atom is -0.459 e. The van der Waals surface area contributed by atoms with Crippen molar-refractivity contribution in [2.75, 3.05) is 43.5 Å². The molecule has 3 N–H and O–H groups in total. The quantitative estimate of drug-likeness (QED) is 0.709. The van der Waals surface area contributed by atoms with Crippen molar-refractivity contribution in [1.82, 2.24) is 10.2 Å². The van der Waals surface area contributed by atoms with Crippen LogP contribution in [0.15, 0.2) is 41.0 Å². The van der Waals surface area contributed by atoms with Crippen molar-refractivity contribution in [3.63, 3.8) is 0 Å². The number of rotatable bonds is 6. The highest BCUT2D eigenvalue weighted by molar-refractivity contribution is 6.02. The van der Waals surface area contributed by atoms with Gasteiger partial charge in [0.25, 0.3) is 5.91 Å². The van der Waals surface area contributed by atoms with Crippen LogP contribution in [0.1, 0.15) is 23.0 Å². The Labute approximate surface area is 164 Å². The monoisotopic (exact) mass is 386 g/mol. The minimum absolute atomic E-state index is 0.246. The summed E-state index contributed by atoms with van der Waals surface area (Å²) in [5.41, 5.74) is 2.15. The van der Waals surface area contributed by atoms with Crippen molar-refractivity contribution < 1.29 is 18.7 Å². The highest BCUT2D eigenvalue weighted by Crippen LogP contribution is 2.20. The molecular weight excluding hydrogens is 360 g/mol. The van der Waals surface area contributed by atoms with Crippen molar-refractivity contribution in [2.45, 2.75) is 19.9 Å². The fraction of sp³-hybridized carbons (Fsp3) is 0.400. The summed E-state index contributed by atoms with van der Waals surface area (Å²) in [7, 11) is 0. The molecule has 1 aliphatic heterocycles. The number of carbonyl (C=O) groups is 2. The van der Waals surface area contributed by atoms with E-state index < -0.39 is 0 Å². The Morgan fingerprint density at radius 1 is 1.18 bits per heavy atom. The number of morpholine rings is 1. The van der Waals surface area contributed by atoms with Gasteiger partial charge in [-0.2, -0.15) is 0 Å².